The minimum Gasteiger partial charge on any atom is -0.398 e. The van der Waals surface area contributed by atoms with Gasteiger partial charge >= 0.3 is 0 Å². The van der Waals surface area contributed by atoms with Crippen molar-refractivity contribution in [2.24, 2.45) is 5.92 Å². The molecule has 0 radical (unpaired) electrons. The highest BCUT2D eigenvalue weighted by atomic mass is 32.2. The van der Waals surface area contributed by atoms with E-state index >= 15 is 0 Å². The maximum Gasteiger partial charge on any atom is 0.243 e. The van der Waals surface area contributed by atoms with E-state index in [2.05, 4.69) is 0 Å². The van der Waals surface area contributed by atoms with Crippen LogP contribution in [-0.2, 0) is 10.0 Å². The molecule has 0 heterocycles. The number of nitrogen functional groups attached to an aromatic ring is 1. The molecule has 1 aliphatic rings. The molecule has 0 bridgehead atoms. The van der Waals surface area contributed by atoms with Crippen molar-refractivity contribution in [1.82, 2.24) is 4.31 Å². The van der Waals surface area contributed by atoms with Crippen LogP contribution in [0.4, 0.5) is 5.69 Å². The molecule has 0 aromatic heterocycles. The van der Waals surface area contributed by atoms with E-state index in [0.717, 1.165) is 30.4 Å². The smallest absolute Gasteiger partial charge is 0.243 e. The third-order valence-corrected chi connectivity index (χ3v) is 6.45. The molecule has 1 aromatic rings. The van der Waals surface area contributed by atoms with E-state index in [9.17, 15) is 8.42 Å². The molecule has 0 aliphatic heterocycles. The van der Waals surface area contributed by atoms with E-state index in [1.807, 2.05) is 26.8 Å². The van der Waals surface area contributed by atoms with Crippen LogP contribution in [0.1, 0.15) is 42.9 Å². The summed E-state index contributed by atoms with van der Waals surface area (Å²) in [6.45, 7) is 8.81. The number of benzene rings is 1. The number of anilines is 1. The third kappa shape index (κ3) is 3.24. The Balaban J connectivity index is 2.50. The van der Waals surface area contributed by atoms with E-state index < -0.39 is 10.0 Å². The van der Waals surface area contributed by atoms with Gasteiger partial charge in [0, 0.05) is 18.8 Å². The van der Waals surface area contributed by atoms with Gasteiger partial charge in [0.2, 0.25) is 10.0 Å². The average molecular weight is 310 g/mol. The quantitative estimate of drug-likeness (QED) is 0.822. The van der Waals surface area contributed by atoms with Crippen molar-refractivity contribution in [2.45, 2.75) is 51.9 Å². The van der Waals surface area contributed by atoms with Gasteiger partial charge in [-0.3, -0.25) is 0 Å². The lowest BCUT2D eigenvalue weighted by Crippen LogP contribution is -2.34. The minimum atomic E-state index is -3.47. The zero-order valence-corrected chi connectivity index (χ0v) is 14.3. The third-order valence-electron chi connectivity index (χ3n) is 4.31. The van der Waals surface area contributed by atoms with Crippen LogP contribution in [0.2, 0.25) is 0 Å². The second kappa shape index (κ2) is 5.97. The van der Waals surface area contributed by atoms with Crippen LogP contribution in [0.3, 0.4) is 0 Å². The fourth-order valence-electron chi connectivity index (χ4n) is 2.70. The van der Waals surface area contributed by atoms with Crippen molar-refractivity contribution in [3.05, 3.63) is 22.8 Å². The Bertz CT molecular complexity index is 608. The van der Waals surface area contributed by atoms with Crippen LogP contribution in [0.25, 0.3) is 0 Å². The Morgan fingerprint density at radius 2 is 1.86 bits per heavy atom. The lowest BCUT2D eigenvalue weighted by molar-refractivity contribution is 0.395. The van der Waals surface area contributed by atoms with Gasteiger partial charge in [-0.25, -0.2) is 8.42 Å². The number of aryl methyl sites for hydroxylation is 1. The molecule has 118 valence electrons. The summed E-state index contributed by atoms with van der Waals surface area (Å²) in [5.74, 6) is 0.536. The van der Waals surface area contributed by atoms with E-state index in [1.54, 1.807) is 11.2 Å². The first-order valence-electron chi connectivity index (χ1n) is 7.65. The molecule has 0 unspecified atom stereocenters. The summed E-state index contributed by atoms with van der Waals surface area (Å²) in [6.07, 6.45) is 3.11. The minimum absolute atomic E-state index is 0.411. The van der Waals surface area contributed by atoms with E-state index in [1.165, 1.54) is 0 Å². The van der Waals surface area contributed by atoms with Crippen molar-refractivity contribution < 1.29 is 8.42 Å². The summed E-state index contributed by atoms with van der Waals surface area (Å²) in [4.78, 5) is 0.411. The van der Waals surface area contributed by atoms with Crippen molar-refractivity contribution in [3.63, 3.8) is 0 Å². The van der Waals surface area contributed by atoms with Crippen molar-refractivity contribution in [1.29, 1.82) is 0 Å². The monoisotopic (exact) mass is 310 g/mol. The molecule has 1 saturated carbocycles. The zero-order chi connectivity index (χ0) is 15.8. The molecule has 5 heteroatoms. The van der Waals surface area contributed by atoms with Gasteiger partial charge in [-0.05, 0) is 68.7 Å². The number of hydrogen-bond donors (Lipinski definition) is 1. The SMILES string of the molecule is CCCN(CC1CC1)S(=O)(=O)c1c(C)c(C)cc(N)c1C. The molecule has 2 rings (SSSR count). The number of nitrogens with two attached hydrogens (primary N) is 1. The normalized spacial score (nSPS) is 15.7. The van der Waals surface area contributed by atoms with Gasteiger partial charge in [0.15, 0.2) is 0 Å². The number of hydrogen-bond acceptors (Lipinski definition) is 3. The zero-order valence-electron chi connectivity index (χ0n) is 13.4. The molecule has 0 amide bonds. The van der Waals surface area contributed by atoms with E-state index in [-0.39, 0.29) is 0 Å². The number of sulfonamides is 1. The molecule has 1 aromatic carbocycles. The molecular formula is C16H26N2O2S. The van der Waals surface area contributed by atoms with Crippen LogP contribution >= 0.6 is 0 Å². The van der Waals surface area contributed by atoms with Crippen LogP contribution in [0.15, 0.2) is 11.0 Å². The van der Waals surface area contributed by atoms with Crippen LogP contribution in [0, 0.1) is 26.7 Å². The largest absolute Gasteiger partial charge is 0.398 e. The van der Waals surface area contributed by atoms with E-state index in [0.29, 0.717) is 35.2 Å². The Morgan fingerprint density at radius 1 is 1.24 bits per heavy atom. The first kappa shape index (κ1) is 16.3. The van der Waals surface area contributed by atoms with Crippen LogP contribution in [-0.4, -0.2) is 25.8 Å². The van der Waals surface area contributed by atoms with E-state index in [4.69, 9.17) is 5.73 Å². The van der Waals surface area contributed by atoms with Crippen molar-refractivity contribution in [3.8, 4) is 0 Å². The first-order chi connectivity index (χ1) is 9.78. The molecule has 0 atom stereocenters. The molecule has 1 fully saturated rings. The number of rotatable bonds is 6. The van der Waals surface area contributed by atoms with Gasteiger partial charge in [-0.15, -0.1) is 0 Å². The second-order valence-corrected chi connectivity index (χ2v) is 8.04. The van der Waals surface area contributed by atoms with Gasteiger partial charge in [-0.1, -0.05) is 6.92 Å². The van der Waals surface area contributed by atoms with Gasteiger partial charge in [0.1, 0.15) is 0 Å². The molecule has 21 heavy (non-hydrogen) atoms. The van der Waals surface area contributed by atoms with Crippen molar-refractivity contribution in [2.75, 3.05) is 18.8 Å². The van der Waals surface area contributed by atoms with Gasteiger partial charge in [0.25, 0.3) is 0 Å². The summed E-state index contributed by atoms with van der Waals surface area (Å²) < 4.78 is 27.9. The topological polar surface area (TPSA) is 63.4 Å². The standard InChI is InChI=1S/C16H26N2O2S/c1-5-8-18(10-14-6-7-14)21(19,20)16-12(3)11(2)9-15(17)13(16)4/h9,14H,5-8,10,17H2,1-4H3. The van der Waals surface area contributed by atoms with Crippen LogP contribution < -0.4 is 5.73 Å². The first-order valence-corrected chi connectivity index (χ1v) is 9.09. The summed E-state index contributed by atoms with van der Waals surface area (Å²) >= 11 is 0. The van der Waals surface area contributed by atoms with Gasteiger partial charge < -0.3 is 5.73 Å². The number of nitrogens with zero attached hydrogens (tertiary/aromatic N) is 1. The predicted octanol–water partition coefficient (Wildman–Crippen LogP) is 3.00. The Hall–Kier alpha value is -1.07. The fourth-order valence-corrected chi connectivity index (χ4v) is 4.85. The lowest BCUT2D eigenvalue weighted by Gasteiger charge is -2.25. The molecular weight excluding hydrogens is 284 g/mol. The van der Waals surface area contributed by atoms with Crippen LogP contribution in [0.5, 0.6) is 0 Å². The Kier molecular flexibility index (Phi) is 4.63. The fraction of sp³-hybridized carbons (Fsp3) is 0.625. The highest BCUT2D eigenvalue weighted by Gasteiger charge is 2.33. The van der Waals surface area contributed by atoms with Crippen molar-refractivity contribution >= 4 is 15.7 Å². The summed E-state index contributed by atoms with van der Waals surface area (Å²) in [5.41, 5.74) is 8.97. The highest BCUT2D eigenvalue weighted by molar-refractivity contribution is 7.89. The molecule has 0 saturated heterocycles. The lowest BCUT2D eigenvalue weighted by atomic mass is 10.1. The van der Waals surface area contributed by atoms with Gasteiger partial charge in [0.05, 0.1) is 4.90 Å². The summed E-state index contributed by atoms with van der Waals surface area (Å²) in [5, 5.41) is 0. The Morgan fingerprint density at radius 3 is 2.38 bits per heavy atom. The maximum absolute atomic E-state index is 13.1. The highest BCUT2D eigenvalue weighted by Crippen LogP contribution is 2.34. The maximum atomic E-state index is 13.1. The molecule has 0 spiro atoms. The second-order valence-electron chi connectivity index (χ2n) is 6.17. The predicted molar refractivity (Wildman–Crippen MR) is 86.8 cm³/mol. The Labute approximate surface area is 128 Å². The average Bonchev–Trinajstić information content (AvgIpc) is 3.20. The summed E-state index contributed by atoms with van der Waals surface area (Å²) in [7, 11) is -3.47. The molecule has 2 N–H and O–H groups in total. The summed E-state index contributed by atoms with van der Waals surface area (Å²) in [6, 6.07) is 1.86. The van der Waals surface area contributed by atoms with Gasteiger partial charge in [-0.2, -0.15) is 4.31 Å². The molecule has 4 nitrogen and oxygen atoms in total. The molecule has 1 aliphatic carbocycles.